The highest BCUT2D eigenvalue weighted by Gasteiger charge is 2.24. The third kappa shape index (κ3) is 3.04. The summed E-state index contributed by atoms with van der Waals surface area (Å²) in [5.74, 6) is 0.682. The second kappa shape index (κ2) is 6.05. The molecule has 0 radical (unpaired) electrons. The van der Waals surface area contributed by atoms with E-state index < -0.39 is 10.0 Å². The molecule has 0 aliphatic rings. The van der Waals surface area contributed by atoms with Crippen LogP contribution in [0.15, 0.2) is 34.5 Å². The fraction of sp³-hybridized carbons (Fsp3) is 0.286. The van der Waals surface area contributed by atoms with Gasteiger partial charge in [0.25, 0.3) is 10.0 Å². The molecule has 0 aliphatic heterocycles. The molecular formula is C14H18N2O3S2. The molecule has 0 spiro atoms. The van der Waals surface area contributed by atoms with Crippen molar-refractivity contribution in [2.24, 2.45) is 5.73 Å². The molecule has 1 heterocycles. The minimum Gasteiger partial charge on any atom is -0.497 e. The van der Waals surface area contributed by atoms with Crippen LogP contribution in [0.1, 0.15) is 10.4 Å². The van der Waals surface area contributed by atoms with Gasteiger partial charge in [-0.05, 0) is 42.8 Å². The Morgan fingerprint density at radius 2 is 1.90 bits per heavy atom. The van der Waals surface area contributed by atoms with Crippen molar-refractivity contribution in [3.63, 3.8) is 0 Å². The molecule has 2 N–H and O–H groups in total. The van der Waals surface area contributed by atoms with Crippen molar-refractivity contribution in [3.05, 3.63) is 40.8 Å². The van der Waals surface area contributed by atoms with E-state index in [1.165, 1.54) is 22.7 Å². The zero-order valence-corrected chi connectivity index (χ0v) is 13.8. The molecule has 0 fully saturated rings. The van der Waals surface area contributed by atoms with Crippen LogP contribution in [0.5, 0.6) is 5.75 Å². The van der Waals surface area contributed by atoms with Crippen LogP contribution < -0.4 is 14.8 Å². The Morgan fingerprint density at radius 1 is 1.29 bits per heavy atom. The monoisotopic (exact) mass is 326 g/mol. The van der Waals surface area contributed by atoms with E-state index in [4.69, 9.17) is 10.5 Å². The van der Waals surface area contributed by atoms with Crippen molar-refractivity contribution in [2.45, 2.75) is 17.7 Å². The Morgan fingerprint density at radius 3 is 2.38 bits per heavy atom. The van der Waals surface area contributed by atoms with Crippen LogP contribution in [0.3, 0.4) is 0 Å². The number of benzene rings is 1. The molecule has 1 aromatic carbocycles. The summed E-state index contributed by atoms with van der Waals surface area (Å²) in [6.45, 7) is 2.21. The molecule has 7 heteroatoms. The first-order chi connectivity index (χ1) is 9.90. The molecule has 2 rings (SSSR count). The summed E-state index contributed by atoms with van der Waals surface area (Å²) in [6, 6.07) is 8.54. The Labute approximate surface area is 129 Å². The fourth-order valence-electron chi connectivity index (χ4n) is 1.88. The predicted octanol–water partition coefficient (Wildman–Crippen LogP) is 2.35. The maximum absolute atomic E-state index is 12.6. The van der Waals surface area contributed by atoms with Gasteiger partial charge < -0.3 is 10.5 Å². The first kappa shape index (κ1) is 15.8. The summed E-state index contributed by atoms with van der Waals surface area (Å²) >= 11 is 1.22. The van der Waals surface area contributed by atoms with Crippen molar-refractivity contribution in [3.8, 4) is 5.75 Å². The summed E-state index contributed by atoms with van der Waals surface area (Å²) in [7, 11) is -0.464. The second-order valence-corrected chi connectivity index (χ2v) is 7.88. The van der Waals surface area contributed by atoms with E-state index in [0.717, 1.165) is 10.4 Å². The molecule has 0 saturated carbocycles. The molecule has 0 bridgehead atoms. The SMILES string of the molecule is COc1ccc(N(C)S(=O)(=O)c2cc(C)c(CN)s2)cc1. The quantitative estimate of drug-likeness (QED) is 0.915. The van der Waals surface area contributed by atoms with Gasteiger partial charge in [-0.3, -0.25) is 4.31 Å². The van der Waals surface area contributed by atoms with E-state index >= 15 is 0 Å². The van der Waals surface area contributed by atoms with E-state index in [1.54, 1.807) is 37.4 Å². The number of hydrogen-bond acceptors (Lipinski definition) is 5. The smallest absolute Gasteiger partial charge is 0.273 e. The summed E-state index contributed by atoms with van der Waals surface area (Å²) in [5.41, 5.74) is 7.10. The molecule has 5 nitrogen and oxygen atoms in total. The minimum atomic E-state index is -3.57. The number of ether oxygens (including phenoxy) is 1. The van der Waals surface area contributed by atoms with Crippen LogP contribution in [-0.4, -0.2) is 22.6 Å². The van der Waals surface area contributed by atoms with E-state index in [0.29, 0.717) is 22.2 Å². The van der Waals surface area contributed by atoms with Crippen molar-refractivity contribution in [1.82, 2.24) is 0 Å². The minimum absolute atomic E-state index is 0.304. The molecule has 0 unspecified atom stereocenters. The Kier molecular flexibility index (Phi) is 4.55. The average Bonchev–Trinajstić information content (AvgIpc) is 2.88. The van der Waals surface area contributed by atoms with Gasteiger partial charge in [0.05, 0.1) is 12.8 Å². The predicted molar refractivity (Wildman–Crippen MR) is 85.5 cm³/mol. The van der Waals surface area contributed by atoms with Crippen molar-refractivity contribution in [1.29, 1.82) is 0 Å². The highest BCUT2D eigenvalue weighted by molar-refractivity contribution is 7.94. The lowest BCUT2D eigenvalue weighted by Gasteiger charge is -2.18. The fourth-order valence-corrected chi connectivity index (χ4v) is 4.72. The van der Waals surface area contributed by atoms with Crippen molar-refractivity contribution < 1.29 is 13.2 Å². The highest BCUT2D eigenvalue weighted by Crippen LogP contribution is 2.30. The summed E-state index contributed by atoms with van der Waals surface area (Å²) in [4.78, 5) is 0.886. The highest BCUT2D eigenvalue weighted by atomic mass is 32.2. The van der Waals surface area contributed by atoms with Crippen LogP contribution in [0, 0.1) is 6.92 Å². The Bertz CT molecular complexity index is 721. The van der Waals surface area contributed by atoms with Gasteiger partial charge in [0.1, 0.15) is 9.96 Å². The first-order valence-electron chi connectivity index (χ1n) is 6.32. The zero-order valence-electron chi connectivity index (χ0n) is 12.2. The number of thiophene rings is 1. The zero-order chi connectivity index (χ0) is 15.6. The van der Waals surface area contributed by atoms with Gasteiger partial charge in [0.15, 0.2) is 0 Å². The summed E-state index contributed by atoms with van der Waals surface area (Å²) < 4.78 is 31.9. The third-order valence-electron chi connectivity index (χ3n) is 3.23. The summed E-state index contributed by atoms with van der Waals surface area (Å²) in [5, 5.41) is 0. The number of methoxy groups -OCH3 is 1. The molecule has 0 amide bonds. The van der Waals surface area contributed by atoms with Crippen LogP contribution >= 0.6 is 11.3 Å². The normalized spacial score (nSPS) is 11.4. The number of hydrogen-bond donors (Lipinski definition) is 1. The molecule has 114 valence electrons. The van der Waals surface area contributed by atoms with Gasteiger partial charge in [-0.2, -0.15) is 0 Å². The molecule has 0 atom stereocenters. The maximum atomic E-state index is 12.6. The Balaban J connectivity index is 2.36. The van der Waals surface area contributed by atoms with Crippen molar-refractivity contribution >= 4 is 27.0 Å². The average molecular weight is 326 g/mol. The van der Waals surface area contributed by atoms with E-state index in [-0.39, 0.29) is 0 Å². The van der Waals surface area contributed by atoms with Gasteiger partial charge in [-0.25, -0.2) is 8.42 Å². The molecule has 1 aromatic heterocycles. The van der Waals surface area contributed by atoms with Crippen LogP contribution in [0.25, 0.3) is 0 Å². The third-order valence-corrected chi connectivity index (χ3v) is 6.73. The van der Waals surface area contributed by atoms with E-state index in [9.17, 15) is 8.42 Å². The molecule has 0 aliphatic carbocycles. The standard InChI is InChI=1S/C14H18N2O3S2/c1-10-8-14(20-13(10)9-15)21(17,18)16(2)11-4-6-12(19-3)7-5-11/h4-8H,9,15H2,1-3H3. The molecular weight excluding hydrogens is 308 g/mol. The topological polar surface area (TPSA) is 72.6 Å². The van der Waals surface area contributed by atoms with Crippen LogP contribution in [0.4, 0.5) is 5.69 Å². The van der Waals surface area contributed by atoms with Gasteiger partial charge >= 0.3 is 0 Å². The largest absolute Gasteiger partial charge is 0.497 e. The lowest BCUT2D eigenvalue weighted by molar-refractivity contribution is 0.415. The molecule has 0 saturated heterocycles. The maximum Gasteiger partial charge on any atom is 0.273 e. The lowest BCUT2D eigenvalue weighted by atomic mass is 10.3. The second-order valence-electron chi connectivity index (χ2n) is 4.55. The number of nitrogens with zero attached hydrogens (tertiary/aromatic N) is 1. The number of aryl methyl sites for hydroxylation is 1. The number of sulfonamides is 1. The van der Waals surface area contributed by atoms with Gasteiger partial charge in [0.2, 0.25) is 0 Å². The van der Waals surface area contributed by atoms with Crippen molar-refractivity contribution in [2.75, 3.05) is 18.5 Å². The first-order valence-corrected chi connectivity index (χ1v) is 8.58. The molecule has 21 heavy (non-hydrogen) atoms. The van der Waals surface area contributed by atoms with E-state index in [2.05, 4.69) is 0 Å². The van der Waals surface area contributed by atoms with Crippen LogP contribution in [-0.2, 0) is 16.6 Å². The van der Waals surface area contributed by atoms with Crippen LogP contribution in [0.2, 0.25) is 0 Å². The lowest BCUT2D eigenvalue weighted by Crippen LogP contribution is -2.25. The number of anilines is 1. The van der Waals surface area contributed by atoms with E-state index in [1.807, 2.05) is 6.92 Å². The van der Waals surface area contributed by atoms with Gasteiger partial charge in [0, 0.05) is 18.5 Å². The molecule has 2 aromatic rings. The number of nitrogens with two attached hydrogens (primary N) is 1. The Hall–Kier alpha value is -1.57. The summed E-state index contributed by atoms with van der Waals surface area (Å²) in [6.07, 6.45) is 0. The van der Waals surface area contributed by atoms with Gasteiger partial charge in [-0.1, -0.05) is 0 Å². The number of rotatable bonds is 5. The van der Waals surface area contributed by atoms with Gasteiger partial charge in [-0.15, -0.1) is 11.3 Å².